The molecule has 4 nitrogen and oxygen atoms in total. The first-order valence-corrected chi connectivity index (χ1v) is 10.8. The number of amides is 1. The molecule has 1 fully saturated rings. The molecule has 0 saturated carbocycles. The molecule has 3 aromatic rings. The lowest BCUT2D eigenvalue weighted by Crippen LogP contribution is -2.44. The summed E-state index contributed by atoms with van der Waals surface area (Å²) < 4.78 is 11.7. The monoisotopic (exact) mass is 403 g/mol. The zero-order valence-electron chi connectivity index (χ0n) is 17.7. The second-order valence-electron chi connectivity index (χ2n) is 8.01. The van der Waals surface area contributed by atoms with Crippen molar-refractivity contribution in [3.05, 3.63) is 72.3 Å². The van der Waals surface area contributed by atoms with Gasteiger partial charge in [0.05, 0.1) is 11.5 Å². The van der Waals surface area contributed by atoms with E-state index in [2.05, 4.69) is 19.2 Å². The lowest BCUT2D eigenvalue weighted by Gasteiger charge is -2.36. The number of nitrogens with one attached hydrogen (secondary N) is 1. The summed E-state index contributed by atoms with van der Waals surface area (Å²) in [4.78, 5) is 13.6. The minimum atomic E-state index is -0.577. The highest BCUT2D eigenvalue weighted by molar-refractivity contribution is 6.07. The van der Waals surface area contributed by atoms with Gasteiger partial charge in [-0.1, -0.05) is 61.5 Å². The summed E-state index contributed by atoms with van der Waals surface area (Å²) in [6.45, 7) is 5.35. The van der Waals surface area contributed by atoms with Crippen molar-refractivity contribution in [1.82, 2.24) is 0 Å². The normalized spacial score (nSPS) is 16.7. The van der Waals surface area contributed by atoms with E-state index in [0.717, 1.165) is 34.2 Å². The van der Waals surface area contributed by atoms with Gasteiger partial charge in [0.2, 0.25) is 5.91 Å². The Balaban J connectivity index is 1.69. The third-order valence-corrected chi connectivity index (χ3v) is 6.14. The highest BCUT2D eigenvalue weighted by atomic mass is 16.5. The number of rotatable bonds is 6. The standard InChI is InChI=1S/C26H29NO3/c1-3-19(2)30-24-14-13-23(21-11-7-8-12-22(21)24)27-25(28)26(15-17-29-18-16-26)20-9-5-4-6-10-20/h4-14,19H,3,15-18H2,1-2H3,(H,27,28)/t19-/m1/s1. The average Bonchev–Trinajstić information content (AvgIpc) is 2.81. The fourth-order valence-electron chi connectivity index (χ4n) is 4.15. The predicted octanol–water partition coefficient (Wildman–Crippen LogP) is 5.70. The van der Waals surface area contributed by atoms with Crippen molar-refractivity contribution in [2.75, 3.05) is 18.5 Å². The van der Waals surface area contributed by atoms with Gasteiger partial charge in [0.15, 0.2) is 0 Å². The lowest BCUT2D eigenvalue weighted by molar-refractivity contribution is -0.125. The largest absolute Gasteiger partial charge is 0.490 e. The number of carbonyl (C=O) groups excluding carboxylic acids is 1. The molecule has 1 atom stereocenters. The quantitative estimate of drug-likeness (QED) is 0.574. The SMILES string of the molecule is CC[C@@H](C)Oc1ccc(NC(=O)C2(c3ccccc3)CCOCC2)c2ccccc12. The molecule has 1 aliphatic rings. The van der Waals surface area contributed by atoms with E-state index in [9.17, 15) is 4.79 Å². The number of hydrogen-bond acceptors (Lipinski definition) is 3. The summed E-state index contributed by atoms with van der Waals surface area (Å²) in [6, 6.07) is 22.1. The van der Waals surface area contributed by atoms with Crippen LogP contribution in [-0.4, -0.2) is 25.2 Å². The summed E-state index contributed by atoms with van der Waals surface area (Å²) in [5.74, 6) is 0.875. The molecule has 4 heteroatoms. The van der Waals surface area contributed by atoms with Gasteiger partial charge in [-0.2, -0.15) is 0 Å². The fourth-order valence-corrected chi connectivity index (χ4v) is 4.15. The Labute approximate surface area is 178 Å². The van der Waals surface area contributed by atoms with E-state index in [0.29, 0.717) is 26.1 Å². The number of benzene rings is 3. The second kappa shape index (κ2) is 8.88. The Kier molecular flexibility index (Phi) is 6.05. The van der Waals surface area contributed by atoms with Crippen LogP contribution < -0.4 is 10.1 Å². The van der Waals surface area contributed by atoms with Gasteiger partial charge in [0, 0.05) is 29.7 Å². The lowest BCUT2D eigenvalue weighted by atomic mass is 9.73. The third-order valence-electron chi connectivity index (χ3n) is 6.14. The zero-order chi connectivity index (χ0) is 21.0. The van der Waals surface area contributed by atoms with Gasteiger partial charge in [-0.25, -0.2) is 0 Å². The van der Waals surface area contributed by atoms with Gasteiger partial charge in [-0.15, -0.1) is 0 Å². The summed E-state index contributed by atoms with van der Waals surface area (Å²) >= 11 is 0. The number of anilines is 1. The van der Waals surface area contributed by atoms with Gasteiger partial charge >= 0.3 is 0 Å². The Morgan fingerprint density at radius 2 is 1.67 bits per heavy atom. The first-order chi connectivity index (χ1) is 14.6. The van der Waals surface area contributed by atoms with E-state index >= 15 is 0 Å². The molecule has 0 unspecified atom stereocenters. The van der Waals surface area contributed by atoms with Crippen molar-refractivity contribution in [2.24, 2.45) is 0 Å². The Morgan fingerprint density at radius 1 is 1.00 bits per heavy atom. The summed E-state index contributed by atoms with van der Waals surface area (Å²) in [7, 11) is 0. The van der Waals surface area contributed by atoms with Crippen LogP contribution in [-0.2, 0) is 14.9 Å². The molecule has 4 rings (SSSR count). The van der Waals surface area contributed by atoms with E-state index in [-0.39, 0.29) is 12.0 Å². The zero-order valence-corrected chi connectivity index (χ0v) is 17.7. The number of hydrogen-bond donors (Lipinski definition) is 1. The van der Waals surface area contributed by atoms with Gasteiger partial charge in [-0.05, 0) is 43.9 Å². The van der Waals surface area contributed by atoms with Crippen molar-refractivity contribution in [2.45, 2.75) is 44.6 Å². The van der Waals surface area contributed by atoms with Crippen LogP contribution in [0.15, 0.2) is 66.7 Å². The van der Waals surface area contributed by atoms with E-state index in [4.69, 9.17) is 9.47 Å². The Morgan fingerprint density at radius 3 is 2.37 bits per heavy atom. The van der Waals surface area contributed by atoms with Crippen LogP contribution in [0.4, 0.5) is 5.69 Å². The van der Waals surface area contributed by atoms with E-state index in [1.54, 1.807) is 0 Å². The van der Waals surface area contributed by atoms with Gasteiger partial charge in [0.1, 0.15) is 5.75 Å². The Bertz CT molecular complexity index is 1010. The molecule has 0 radical (unpaired) electrons. The smallest absolute Gasteiger partial charge is 0.235 e. The molecule has 0 aliphatic carbocycles. The molecule has 0 bridgehead atoms. The van der Waals surface area contributed by atoms with Crippen molar-refractivity contribution < 1.29 is 14.3 Å². The number of fused-ring (bicyclic) bond motifs is 1. The molecule has 156 valence electrons. The van der Waals surface area contributed by atoms with Crippen molar-refractivity contribution in [3.63, 3.8) is 0 Å². The predicted molar refractivity (Wildman–Crippen MR) is 121 cm³/mol. The number of carbonyl (C=O) groups is 1. The highest BCUT2D eigenvalue weighted by Gasteiger charge is 2.41. The minimum Gasteiger partial charge on any atom is -0.490 e. The van der Waals surface area contributed by atoms with Crippen LogP contribution in [0.3, 0.4) is 0 Å². The maximum atomic E-state index is 13.6. The van der Waals surface area contributed by atoms with Gasteiger partial charge in [-0.3, -0.25) is 4.79 Å². The topological polar surface area (TPSA) is 47.6 Å². The fraction of sp³-hybridized carbons (Fsp3) is 0.346. The van der Waals surface area contributed by atoms with Crippen molar-refractivity contribution in [3.8, 4) is 5.75 Å². The number of ether oxygens (including phenoxy) is 2. The molecule has 1 amide bonds. The molecule has 30 heavy (non-hydrogen) atoms. The highest BCUT2D eigenvalue weighted by Crippen LogP contribution is 2.38. The maximum Gasteiger partial charge on any atom is 0.235 e. The minimum absolute atomic E-state index is 0.0257. The maximum absolute atomic E-state index is 13.6. The average molecular weight is 404 g/mol. The van der Waals surface area contributed by atoms with Gasteiger partial charge < -0.3 is 14.8 Å². The summed E-state index contributed by atoms with van der Waals surface area (Å²) in [5, 5.41) is 5.24. The summed E-state index contributed by atoms with van der Waals surface area (Å²) in [5.41, 5.74) is 1.28. The van der Waals surface area contributed by atoms with Crippen LogP contribution >= 0.6 is 0 Å². The molecule has 0 spiro atoms. The first kappa shape index (κ1) is 20.4. The summed E-state index contributed by atoms with van der Waals surface area (Å²) in [6.07, 6.45) is 2.43. The molecular weight excluding hydrogens is 374 g/mol. The van der Waals surface area contributed by atoms with E-state index in [1.165, 1.54) is 0 Å². The molecule has 3 aromatic carbocycles. The van der Waals surface area contributed by atoms with E-state index in [1.807, 2.05) is 66.7 Å². The molecule has 0 aromatic heterocycles. The molecule has 1 N–H and O–H groups in total. The molecule has 1 heterocycles. The third kappa shape index (κ3) is 3.92. The molecule has 1 aliphatic heterocycles. The van der Waals surface area contributed by atoms with Crippen LogP contribution in [0.5, 0.6) is 5.75 Å². The van der Waals surface area contributed by atoms with Crippen molar-refractivity contribution in [1.29, 1.82) is 0 Å². The Hall–Kier alpha value is -2.85. The van der Waals surface area contributed by atoms with Crippen molar-refractivity contribution >= 4 is 22.4 Å². The van der Waals surface area contributed by atoms with Gasteiger partial charge in [0.25, 0.3) is 0 Å². The van der Waals surface area contributed by atoms with E-state index < -0.39 is 5.41 Å². The first-order valence-electron chi connectivity index (χ1n) is 10.8. The molecule has 1 saturated heterocycles. The molecular formula is C26H29NO3. The van der Waals surface area contributed by atoms with Crippen LogP contribution in [0.2, 0.25) is 0 Å². The second-order valence-corrected chi connectivity index (χ2v) is 8.01. The van der Waals surface area contributed by atoms with Crippen LogP contribution in [0.1, 0.15) is 38.7 Å². The van der Waals surface area contributed by atoms with Crippen LogP contribution in [0, 0.1) is 0 Å². The van der Waals surface area contributed by atoms with Crippen LogP contribution in [0.25, 0.3) is 10.8 Å².